The van der Waals surface area contributed by atoms with E-state index in [1.807, 2.05) is 19.9 Å². The molecule has 0 amide bonds. The Morgan fingerprint density at radius 2 is 1.82 bits per heavy atom. The molecule has 0 saturated heterocycles. The van der Waals surface area contributed by atoms with Crippen LogP contribution in [0.4, 0.5) is 13.2 Å². The Bertz CT molecular complexity index is 991. The molecule has 1 heterocycles. The molecule has 2 aromatic carbocycles. The van der Waals surface area contributed by atoms with Crippen LogP contribution in [-0.4, -0.2) is 17.4 Å². The molecule has 3 rings (SSSR count). The third kappa shape index (κ3) is 4.56. The number of hydrogen-bond donors (Lipinski definition) is 1. The fourth-order valence-electron chi connectivity index (χ4n) is 2.64. The van der Waals surface area contributed by atoms with Gasteiger partial charge in [0, 0.05) is 4.88 Å². The minimum Gasteiger partial charge on any atom is -0.486 e. The fraction of sp³-hybridized carbons (Fsp3) is 0.250. The van der Waals surface area contributed by atoms with Crippen molar-refractivity contribution in [3.63, 3.8) is 0 Å². The van der Waals surface area contributed by atoms with Crippen LogP contribution in [0.1, 0.15) is 40.6 Å². The Labute approximate surface area is 163 Å². The van der Waals surface area contributed by atoms with Gasteiger partial charge in [0.05, 0.1) is 4.70 Å². The van der Waals surface area contributed by atoms with Crippen molar-refractivity contribution < 1.29 is 32.5 Å². The zero-order chi connectivity index (χ0) is 20.5. The normalized spacial score (nSPS) is 11.8. The van der Waals surface area contributed by atoms with Crippen molar-refractivity contribution in [2.75, 3.05) is 0 Å². The molecule has 0 atom stereocenters. The second-order valence-corrected chi connectivity index (χ2v) is 7.53. The number of ether oxygens (including phenoxy) is 2. The first-order valence-electron chi connectivity index (χ1n) is 8.41. The summed E-state index contributed by atoms with van der Waals surface area (Å²) in [6, 6.07) is 10.5. The minimum atomic E-state index is -4.75. The number of fused-ring (bicyclic) bond motifs is 1. The van der Waals surface area contributed by atoms with Crippen LogP contribution in [0.15, 0.2) is 42.5 Å². The molecule has 0 fully saturated rings. The van der Waals surface area contributed by atoms with E-state index in [1.54, 1.807) is 6.07 Å². The maximum atomic E-state index is 12.2. The molecule has 8 heteroatoms. The third-order valence-electron chi connectivity index (χ3n) is 4.00. The van der Waals surface area contributed by atoms with Gasteiger partial charge in [-0.2, -0.15) is 0 Å². The number of rotatable bonds is 6. The molecule has 0 aliphatic carbocycles. The first-order valence-corrected chi connectivity index (χ1v) is 9.23. The van der Waals surface area contributed by atoms with Crippen LogP contribution in [0.5, 0.6) is 11.5 Å². The van der Waals surface area contributed by atoms with E-state index in [1.165, 1.54) is 41.7 Å². The lowest BCUT2D eigenvalue weighted by Crippen LogP contribution is -2.17. The molecular formula is C20H17F3O4S. The number of alkyl halides is 3. The highest BCUT2D eigenvalue weighted by atomic mass is 32.1. The van der Waals surface area contributed by atoms with E-state index in [2.05, 4.69) is 4.74 Å². The molecule has 148 valence electrons. The van der Waals surface area contributed by atoms with Crippen LogP contribution in [0.3, 0.4) is 0 Å². The Morgan fingerprint density at radius 3 is 2.39 bits per heavy atom. The molecule has 3 aromatic rings. The van der Waals surface area contributed by atoms with E-state index in [0.717, 1.165) is 15.0 Å². The minimum absolute atomic E-state index is 0.0145. The van der Waals surface area contributed by atoms with Crippen LogP contribution in [0, 0.1) is 0 Å². The number of hydrogen-bond acceptors (Lipinski definition) is 4. The van der Waals surface area contributed by atoms with Crippen LogP contribution < -0.4 is 9.47 Å². The van der Waals surface area contributed by atoms with Gasteiger partial charge in [-0.25, -0.2) is 4.79 Å². The van der Waals surface area contributed by atoms with Crippen LogP contribution in [-0.2, 0) is 6.61 Å². The Balaban J connectivity index is 1.86. The first kappa shape index (κ1) is 20.0. The van der Waals surface area contributed by atoms with E-state index >= 15 is 0 Å². The summed E-state index contributed by atoms with van der Waals surface area (Å²) in [5, 5.41) is 10.4. The van der Waals surface area contributed by atoms with Gasteiger partial charge in [-0.1, -0.05) is 32.0 Å². The zero-order valence-electron chi connectivity index (χ0n) is 15.0. The Hall–Kier alpha value is -2.74. The molecule has 28 heavy (non-hydrogen) atoms. The lowest BCUT2D eigenvalue weighted by Gasteiger charge is -2.12. The van der Waals surface area contributed by atoms with Crippen molar-refractivity contribution in [2.24, 2.45) is 0 Å². The highest BCUT2D eigenvalue weighted by Crippen LogP contribution is 2.39. The Morgan fingerprint density at radius 1 is 1.14 bits per heavy atom. The molecular weight excluding hydrogens is 393 g/mol. The molecule has 4 nitrogen and oxygen atoms in total. The van der Waals surface area contributed by atoms with E-state index in [9.17, 15) is 23.1 Å². The van der Waals surface area contributed by atoms with Crippen molar-refractivity contribution in [2.45, 2.75) is 32.7 Å². The topological polar surface area (TPSA) is 55.8 Å². The monoisotopic (exact) mass is 410 g/mol. The van der Waals surface area contributed by atoms with E-state index in [0.29, 0.717) is 11.5 Å². The van der Waals surface area contributed by atoms with Gasteiger partial charge in [0.15, 0.2) is 5.75 Å². The second-order valence-electron chi connectivity index (χ2n) is 6.45. The van der Waals surface area contributed by atoms with Gasteiger partial charge in [0.25, 0.3) is 0 Å². The number of aromatic carboxylic acids is 1. The summed E-state index contributed by atoms with van der Waals surface area (Å²) < 4.78 is 47.1. The standard InChI is InChI=1S/C20H17F3O4S/c1-11(2)16-9-13-5-8-15(19(24)25)17(18(13)28-16)26-10-12-3-6-14(7-4-12)27-20(21,22)23/h3-9,11H,10H2,1-2H3,(H,24,25). The molecule has 0 aliphatic rings. The van der Waals surface area contributed by atoms with Gasteiger partial charge in [0.2, 0.25) is 0 Å². The molecule has 0 bridgehead atoms. The van der Waals surface area contributed by atoms with E-state index < -0.39 is 12.3 Å². The van der Waals surface area contributed by atoms with Crippen molar-refractivity contribution in [3.8, 4) is 11.5 Å². The van der Waals surface area contributed by atoms with Gasteiger partial charge in [-0.15, -0.1) is 24.5 Å². The Kier molecular flexibility index (Phi) is 5.51. The lowest BCUT2D eigenvalue weighted by atomic mass is 10.1. The second kappa shape index (κ2) is 7.71. The summed E-state index contributed by atoms with van der Waals surface area (Å²) >= 11 is 1.47. The summed E-state index contributed by atoms with van der Waals surface area (Å²) in [5.41, 5.74) is 0.630. The van der Waals surface area contributed by atoms with E-state index in [4.69, 9.17) is 4.74 Å². The average molecular weight is 410 g/mol. The van der Waals surface area contributed by atoms with Gasteiger partial charge in [-0.05, 0) is 41.1 Å². The van der Waals surface area contributed by atoms with Crippen LogP contribution >= 0.6 is 11.3 Å². The fourth-order valence-corrected chi connectivity index (χ4v) is 3.80. The maximum Gasteiger partial charge on any atom is 0.573 e. The zero-order valence-corrected chi connectivity index (χ0v) is 15.9. The van der Waals surface area contributed by atoms with Crippen molar-refractivity contribution in [1.29, 1.82) is 0 Å². The molecule has 0 spiro atoms. The average Bonchev–Trinajstić information content (AvgIpc) is 3.04. The number of carboxylic acids is 1. The molecule has 1 N–H and O–H groups in total. The largest absolute Gasteiger partial charge is 0.573 e. The molecule has 0 aliphatic heterocycles. The van der Waals surface area contributed by atoms with Crippen molar-refractivity contribution in [1.82, 2.24) is 0 Å². The SMILES string of the molecule is CC(C)c1cc2ccc(C(=O)O)c(OCc3ccc(OC(F)(F)F)cc3)c2s1. The van der Waals surface area contributed by atoms with Crippen molar-refractivity contribution in [3.05, 3.63) is 58.5 Å². The molecule has 0 radical (unpaired) electrons. The summed E-state index contributed by atoms with van der Waals surface area (Å²) in [7, 11) is 0. The summed E-state index contributed by atoms with van der Waals surface area (Å²) in [5.74, 6) is -0.882. The van der Waals surface area contributed by atoms with Gasteiger partial charge < -0.3 is 14.6 Å². The highest BCUT2D eigenvalue weighted by Gasteiger charge is 2.31. The predicted octanol–water partition coefficient (Wildman–Crippen LogP) is 6.20. The predicted molar refractivity (Wildman–Crippen MR) is 100 cm³/mol. The quantitative estimate of drug-likeness (QED) is 0.526. The van der Waals surface area contributed by atoms with Crippen molar-refractivity contribution >= 4 is 27.4 Å². The molecule has 0 saturated carbocycles. The smallest absolute Gasteiger partial charge is 0.486 e. The van der Waals surface area contributed by atoms with Gasteiger partial charge >= 0.3 is 12.3 Å². The first-order chi connectivity index (χ1) is 13.1. The molecule has 1 aromatic heterocycles. The number of benzene rings is 2. The van der Waals surface area contributed by atoms with Gasteiger partial charge in [-0.3, -0.25) is 0 Å². The summed E-state index contributed by atoms with van der Waals surface area (Å²) in [4.78, 5) is 12.7. The summed E-state index contributed by atoms with van der Waals surface area (Å²) in [6.45, 7) is 4.11. The molecule has 0 unspecified atom stereocenters. The van der Waals surface area contributed by atoms with Gasteiger partial charge in [0.1, 0.15) is 17.9 Å². The maximum absolute atomic E-state index is 12.2. The lowest BCUT2D eigenvalue weighted by molar-refractivity contribution is -0.274. The number of carbonyl (C=O) groups is 1. The number of carboxylic acid groups (broad SMARTS) is 1. The summed E-state index contributed by atoms with van der Waals surface area (Å²) in [6.07, 6.45) is -4.75. The third-order valence-corrected chi connectivity index (χ3v) is 5.45. The van der Waals surface area contributed by atoms with E-state index in [-0.39, 0.29) is 23.7 Å². The van der Waals surface area contributed by atoms with Crippen LogP contribution in [0.25, 0.3) is 10.1 Å². The number of thiophene rings is 1. The number of halogens is 3. The highest BCUT2D eigenvalue weighted by molar-refractivity contribution is 7.19. The van der Waals surface area contributed by atoms with Crippen LogP contribution in [0.2, 0.25) is 0 Å².